The lowest BCUT2D eigenvalue weighted by Crippen LogP contribution is -2.52. The van der Waals surface area contributed by atoms with Gasteiger partial charge in [0.05, 0.1) is 6.61 Å². The predicted octanol–water partition coefficient (Wildman–Crippen LogP) is -0.147. The summed E-state index contributed by atoms with van der Waals surface area (Å²) in [7, 11) is 0. The van der Waals surface area contributed by atoms with Gasteiger partial charge in [-0.15, -0.1) is 0 Å². The molecule has 0 aromatic heterocycles. The molecule has 2 fully saturated rings. The molecule has 1 saturated heterocycles. The van der Waals surface area contributed by atoms with E-state index in [-0.39, 0.29) is 12.6 Å². The average molecular weight is 155 g/mol. The SMILES string of the molecule is [O]CC1CN(C2CC2)CCN1. The average Bonchev–Trinajstić information content (AvgIpc) is 2.87. The summed E-state index contributed by atoms with van der Waals surface area (Å²) < 4.78 is 0. The molecule has 0 bridgehead atoms. The zero-order valence-electron chi connectivity index (χ0n) is 6.75. The summed E-state index contributed by atoms with van der Waals surface area (Å²) in [5.74, 6) is 0. The van der Waals surface area contributed by atoms with Crippen LogP contribution in [0.5, 0.6) is 0 Å². The molecule has 3 nitrogen and oxygen atoms in total. The van der Waals surface area contributed by atoms with Gasteiger partial charge in [-0.05, 0) is 12.8 Å². The van der Waals surface area contributed by atoms with Gasteiger partial charge in [0.25, 0.3) is 0 Å². The van der Waals surface area contributed by atoms with Crippen molar-refractivity contribution in [2.45, 2.75) is 24.9 Å². The fraction of sp³-hybridized carbons (Fsp3) is 1.00. The minimum Gasteiger partial charge on any atom is -0.309 e. The van der Waals surface area contributed by atoms with Gasteiger partial charge in [-0.25, -0.2) is 5.11 Å². The number of rotatable bonds is 2. The molecule has 1 radical (unpaired) electrons. The van der Waals surface area contributed by atoms with Crippen molar-refractivity contribution >= 4 is 0 Å². The van der Waals surface area contributed by atoms with E-state index in [9.17, 15) is 5.11 Å². The van der Waals surface area contributed by atoms with E-state index >= 15 is 0 Å². The molecule has 0 spiro atoms. The predicted molar refractivity (Wildman–Crippen MR) is 41.9 cm³/mol. The summed E-state index contributed by atoms with van der Waals surface area (Å²) >= 11 is 0. The van der Waals surface area contributed by atoms with Crippen LogP contribution >= 0.6 is 0 Å². The highest BCUT2D eigenvalue weighted by Crippen LogP contribution is 2.27. The molecule has 1 atom stereocenters. The van der Waals surface area contributed by atoms with E-state index in [2.05, 4.69) is 10.2 Å². The maximum atomic E-state index is 10.6. The second kappa shape index (κ2) is 3.09. The number of hydrogen-bond acceptors (Lipinski definition) is 2. The fourth-order valence-corrected chi connectivity index (χ4v) is 1.73. The van der Waals surface area contributed by atoms with Crippen LogP contribution in [0.3, 0.4) is 0 Å². The van der Waals surface area contributed by atoms with Crippen molar-refractivity contribution in [2.75, 3.05) is 26.2 Å². The van der Waals surface area contributed by atoms with Crippen molar-refractivity contribution in [3.63, 3.8) is 0 Å². The fourth-order valence-electron chi connectivity index (χ4n) is 1.73. The standard InChI is InChI=1S/C8H15N2O/c11-6-7-5-10(4-3-9-7)8-1-2-8/h7-9H,1-6H2. The molecule has 1 saturated carbocycles. The molecule has 1 heterocycles. The number of hydrogen-bond donors (Lipinski definition) is 1. The van der Waals surface area contributed by atoms with Gasteiger partial charge in [-0.2, -0.15) is 0 Å². The summed E-state index contributed by atoms with van der Waals surface area (Å²) in [4.78, 5) is 2.46. The van der Waals surface area contributed by atoms with Crippen molar-refractivity contribution in [1.29, 1.82) is 0 Å². The van der Waals surface area contributed by atoms with Crippen LogP contribution in [0.15, 0.2) is 0 Å². The van der Waals surface area contributed by atoms with Gasteiger partial charge in [0.1, 0.15) is 0 Å². The van der Waals surface area contributed by atoms with E-state index < -0.39 is 0 Å². The van der Waals surface area contributed by atoms with Crippen LogP contribution in [0, 0.1) is 0 Å². The van der Waals surface area contributed by atoms with Crippen LogP contribution in [-0.2, 0) is 5.11 Å². The molecule has 11 heavy (non-hydrogen) atoms. The minimum absolute atomic E-state index is 0.0310. The van der Waals surface area contributed by atoms with E-state index in [0.717, 1.165) is 25.7 Å². The third kappa shape index (κ3) is 1.72. The molecule has 1 aliphatic carbocycles. The van der Waals surface area contributed by atoms with Crippen molar-refractivity contribution in [2.24, 2.45) is 0 Å². The highest BCUT2D eigenvalue weighted by atomic mass is 16.3. The van der Waals surface area contributed by atoms with E-state index in [1.54, 1.807) is 0 Å². The summed E-state index contributed by atoms with van der Waals surface area (Å²) in [5, 5.41) is 13.8. The van der Waals surface area contributed by atoms with Gasteiger partial charge in [-0.1, -0.05) is 0 Å². The molecule has 1 aliphatic heterocycles. The van der Waals surface area contributed by atoms with Crippen molar-refractivity contribution in [1.82, 2.24) is 10.2 Å². The van der Waals surface area contributed by atoms with Crippen LogP contribution in [0.1, 0.15) is 12.8 Å². The maximum Gasteiger partial charge on any atom is 0.0987 e. The quantitative estimate of drug-likeness (QED) is 0.602. The zero-order valence-corrected chi connectivity index (χ0v) is 6.75. The van der Waals surface area contributed by atoms with Gasteiger partial charge in [0, 0.05) is 31.7 Å². The Kier molecular flexibility index (Phi) is 2.11. The minimum atomic E-state index is 0.0310. The Morgan fingerprint density at radius 2 is 2.27 bits per heavy atom. The maximum absolute atomic E-state index is 10.6. The highest BCUT2D eigenvalue weighted by Gasteiger charge is 2.32. The van der Waals surface area contributed by atoms with Gasteiger partial charge < -0.3 is 5.32 Å². The third-order valence-electron chi connectivity index (χ3n) is 2.55. The van der Waals surface area contributed by atoms with E-state index in [1.165, 1.54) is 12.8 Å². The second-order valence-electron chi connectivity index (χ2n) is 3.54. The molecule has 0 aromatic rings. The lowest BCUT2D eigenvalue weighted by molar-refractivity contribution is 0.105. The Bertz CT molecular complexity index is 136. The lowest BCUT2D eigenvalue weighted by Gasteiger charge is -2.32. The molecule has 0 amide bonds. The summed E-state index contributed by atoms with van der Waals surface area (Å²) in [6, 6.07) is 1.04. The first kappa shape index (κ1) is 7.53. The van der Waals surface area contributed by atoms with Gasteiger partial charge in [0.2, 0.25) is 0 Å². The normalized spacial score (nSPS) is 34.1. The first-order valence-electron chi connectivity index (χ1n) is 4.45. The van der Waals surface area contributed by atoms with E-state index in [4.69, 9.17) is 0 Å². The number of nitrogens with one attached hydrogen (secondary N) is 1. The number of nitrogens with zero attached hydrogens (tertiary/aromatic N) is 1. The van der Waals surface area contributed by atoms with Crippen LogP contribution in [0.25, 0.3) is 0 Å². The molecule has 2 rings (SSSR count). The van der Waals surface area contributed by atoms with Crippen LogP contribution in [0.4, 0.5) is 0 Å². The molecule has 63 valence electrons. The molecule has 1 unspecified atom stereocenters. The second-order valence-corrected chi connectivity index (χ2v) is 3.54. The first-order valence-corrected chi connectivity index (χ1v) is 4.45. The smallest absolute Gasteiger partial charge is 0.0987 e. The van der Waals surface area contributed by atoms with Crippen molar-refractivity contribution in [3.05, 3.63) is 0 Å². The largest absolute Gasteiger partial charge is 0.309 e. The molecule has 3 heteroatoms. The first-order chi connectivity index (χ1) is 5.40. The zero-order chi connectivity index (χ0) is 7.68. The highest BCUT2D eigenvalue weighted by molar-refractivity contribution is 4.89. The summed E-state index contributed by atoms with van der Waals surface area (Å²) in [6.07, 6.45) is 2.71. The summed E-state index contributed by atoms with van der Waals surface area (Å²) in [6.45, 7) is 3.15. The summed E-state index contributed by atoms with van der Waals surface area (Å²) in [5.41, 5.74) is 0. The van der Waals surface area contributed by atoms with Crippen molar-refractivity contribution < 1.29 is 5.11 Å². The molecule has 2 aliphatic rings. The Hall–Kier alpha value is -0.120. The third-order valence-corrected chi connectivity index (χ3v) is 2.55. The Balaban J connectivity index is 1.82. The Labute approximate surface area is 67.4 Å². The topological polar surface area (TPSA) is 35.2 Å². The van der Waals surface area contributed by atoms with Gasteiger partial charge in [-0.3, -0.25) is 4.90 Å². The van der Waals surface area contributed by atoms with Crippen LogP contribution in [-0.4, -0.2) is 43.2 Å². The monoisotopic (exact) mass is 155 g/mol. The molecule has 0 aromatic carbocycles. The van der Waals surface area contributed by atoms with Crippen LogP contribution < -0.4 is 5.32 Å². The Morgan fingerprint density at radius 3 is 2.91 bits per heavy atom. The van der Waals surface area contributed by atoms with E-state index in [1.807, 2.05) is 0 Å². The van der Waals surface area contributed by atoms with Crippen LogP contribution in [0.2, 0.25) is 0 Å². The van der Waals surface area contributed by atoms with Crippen molar-refractivity contribution in [3.8, 4) is 0 Å². The van der Waals surface area contributed by atoms with E-state index in [0.29, 0.717) is 0 Å². The molecular formula is C8H15N2O. The van der Waals surface area contributed by atoms with Gasteiger partial charge >= 0.3 is 0 Å². The lowest BCUT2D eigenvalue weighted by atomic mass is 10.2. The molecular weight excluding hydrogens is 140 g/mol. The van der Waals surface area contributed by atoms with Gasteiger partial charge in [0.15, 0.2) is 0 Å². The Morgan fingerprint density at radius 1 is 1.45 bits per heavy atom. The molecule has 1 N–H and O–H groups in total. The number of piperazine rings is 1.